The zero-order chi connectivity index (χ0) is 20.1. The molecule has 0 saturated carbocycles. The van der Waals surface area contributed by atoms with Crippen LogP contribution in [0.4, 0.5) is 5.69 Å². The fraction of sp³-hybridized carbons (Fsp3) is 0.409. The van der Waals surface area contributed by atoms with Gasteiger partial charge in [0.05, 0.1) is 0 Å². The van der Waals surface area contributed by atoms with Crippen molar-refractivity contribution in [3.05, 3.63) is 52.7 Å². The second kappa shape index (κ2) is 8.09. The number of esters is 1. The topological polar surface area (TPSA) is 86.7 Å². The molecule has 0 bridgehead atoms. The molecular formula is C22H22NNaO5. The van der Waals surface area contributed by atoms with E-state index in [1.807, 2.05) is 12.1 Å². The summed E-state index contributed by atoms with van der Waals surface area (Å²) >= 11 is 0. The SMILES string of the molecule is CC1(C)C2=C3C=C(C(=O)CCCC(=O)[O-])C(=O)OC3CCN2c2ccccc21.[Na+]. The number of carbonyl (C=O) groups is 3. The fourth-order valence-electron chi connectivity index (χ4n) is 4.54. The quantitative estimate of drug-likeness (QED) is 0.348. The normalized spacial score (nSPS) is 21.3. The largest absolute Gasteiger partial charge is 1.00 e. The molecule has 0 saturated heterocycles. The van der Waals surface area contributed by atoms with Crippen LogP contribution in [0, 0.1) is 0 Å². The Balaban J connectivity index is 0.00000240. The Morgan fingerprint density at radius 3 is 2.69 bits per heavy atom. The first-order valence-electron chi connectivity index (χ1n) is 9.58. The van der Waals surface area contributed by atoms with Gasteiger partial charge in [0.1, 0.15) is 11.7 Å². The smallest absolute Gasteiger partial charge is 0.550 e. The minimum absolute atomic E-state index is 0. The van der Waals surface area contributed by atoms with Gasteiger partial charge in [-0.25, -0.2) is 4.79 Å². The third-order valence-corrected chi connectivity index (χ3v) is 5.82. The Kier molecular flexibility index (Phi) is 6.08. The van der Waals surface area contributed by atoms with E-state index in [1.54, 1.807) is 6.08 Å². The number of carboxylic acids is 1. The third-order valence-electron chi connectivity index (χ3n) is 5.82. The van der Waals surface area contributed by atoms with Gasteiger partial charge in [-0.3, -0.25) is 4.79 Å². The summed E-state index contributed by atoms with van der Waals surface area (Å²) in [6, 6.07) is 8.23. The van der Waals surface area contributed by atoms with E-state index in [9.17, 15) is 19.5 Å². The van der Waals surface area contributed by atoms with Crippen molar-refractivity contribution >= 4 is 23.4 Å². The molecule has 1 atom stereocenters. The second-order valence-corrected chi connectivity index (χ2v) is 7.99. The van der Waals surface area contributed by atoms with Crippen LogP contribution in [-0.4, -0.2) is 30.4 Å². The van der Waals surface area contributed by atoms with Crippen molar-refractivity contribution in [3.8, 4) is 0 Å². The number of carboxylic acid groups (broad SMARTS) is 1. The number of fused-ring (bicyclic) bond motifs is 4. The Morgan fingerprint density at radius 2 is 1.97 bits per heavy atom. The first-order chi connectivity index (χ1) is 13.3. The molecule has 146 valence electrons. The number of rotatable bonds is 5. The molecule has 0 aliphatic carbocycles. The van der Waals surface area contributed by atoms with E-state index < -0.39 is 11.9 Å². The van der Waals surface area contributed by atoms with Gasteiger partial charge in [0.25, 0.3) is 0 Å². The average molecular weight is 403 g/mol. The molecule has 0 amide bonds. The summed E-state index contributed by atoms with van der Waals surface area (Å²) in [5.41, 5.74) is 4.04. The number of nitrogens with zero attached hydrogens (tertiary/aromatic N) is 1. The van der Waals surface area contributed by atoms with Gasteiger partial charge in [0, 0.05) is 47.7 Å². The van der Waals surface area contributed by atoms with Crippen LogP contribution in [0.5, 0.6) is 0 Å². The van der Waals surface area contributed by atoms with Gasteiger partial charge in [-0.15, -0.1) is 0 Å². The molecule has 7 heteroatoms. The van der Waals surface area contributed by atoms with Crippen LogP contribution in [0.3, 0.4) is 0 Å². The van der Waals surface area contributed by atoms with E-state index in [-0.39, 0.29) is 71.7 Å². The van der Waals surface area contributed by atoms with Crippen molar-refractivity contribution in [1.82, 2.24) is 0 Å². The average Bonchev–Trinajstić information content (AvgIpc) is 2.89. The van der Waals surface area contributed by atoms with Crippen molar-refractivity contribution in [2.24, 2.45) is 0 Å². The summed E-state index contributed by atoms with van der Waals surface area (Å²) < 4.78 is 5.61. The Morgan fingerprint density at radius 1 is 1.24 bits per heavy atom. The molecule has 29 heavy (non-hydrogen) atoms. The number of para-hydroxylation sites is 1. The van der Waals surface area contributed by atoms with Gasteiger partial charge >= 0.3 is 35.5 Å². The zero-order valence-electron chi connectivity index (χ0n) is 17.0. The summed E-state index contributed by atoms with van der Waals surface area (Å²) in [4.78, 5) is 37.7. The maximum absolute atomic E-state index is 12.5. The molecule has 4 rings (SSSR count). The van der Waals surface area contributed by atoms with E-state index >= 15 is 0 Å². The molecule has 0 fully saturated rings. The Hall–Kier alpha value is -1.89. The zero-order valence-corrected chi connectivity index (χ0v) is 19.0. The fourth-order valence-corrected chi connectivity index (χ4v) is 4.54. The molecule has 6 nitrogen and oxygen atoms in total. The molecule has 0 aromatic heterocycles. The van der Waals surface area contributed by atoms with E-state index in [0.717, 1.165) is 23.5 Å². The minimum Gasteiger partial charge on any atom is -0.550 e. The van der Waals surface area contributed by atoms with Crippen molar-refractivity contribution < 1.29 is 53.8 Å². The number of anilines is 1. The van der Waals surface area contributed by atoms with Crippen molar-refractivity contribution in [1.29, 1.82) is 0 Å². The molecule has 3 aliphatic rings. The Labute approximate surface area is 191 Å². The van der Waals surface area contributed by atoms with Crippen LogP contribution in [-0.2, 0) is 24.5 Å². The van der Waals surface area contributed by atoms with Crippen molar-refractivity contribution in [2.45, 2.75) is 51.0 Å². The van der Waals surface area contributed by atoms with E-state index in [2.05, 4.69) is 30.9 Å². The van der Waals surface area contributed by atoms with E-state index in [4.69, 9.17) is 4.74 Å². The van der Waals surface area contributed by atoms with E-state index in [0.29, 0.717) is 6.42 Å². The first-order valence-corrected chi connectivity index (χ1v) is 9.58. The van der Waals surface area contributed by atoms with E-state index in [1.165, 1.54) is 5.56 Å². The van der Waals surface area contributed by atoms with Gasteiger partial charge in [0.15, 0.2) is 5.78 Å². The number of ketones is 1. The summed E-state index contributed by atoms with van der Waals surface area (Å²) in [7, 11) is 0. The Bertz CT molecular complexity index is 946. The number of ether oxygens (including phenoxy) is 1. The standard InChI is InChI=1S/C22H23NO5.Na/c1-22(2)15-6-3-4-7-16(15)23-11-10-18-14(20(22)23)12-13(21(27)28-18)17(24)8-5-9-19(25)26;/h3-4,6-7,12,18H,5,8-11H2,1-2H3,(H,25,26);/q;+1/p-1. The van der Waals surface area contributed by atoms with Crippen molar-refractivity contribution in [3.63, 3.8) is 0 Å². The summed E-state index contributed by atoms with van der Waals surface area (Å²) in [6.45, 7) is 5.03. The predicted molar refractivity (Wildman–Crippen MR) is 100 cm³/mol. The number of hydrogen-bond donors (Lipinski definition) is 0. The number of benzene rings is 1. The van der Waals surface area contributed by atoms with Crippen LogP contribution in [0.15, 0.2) is 47.2 Å². The molecule has 0 spiro atoms. The van der Waals surface area contributed by atoms with Crippen LogP contribution in [0.1, 0.15) is 45.1 Å². The van der Waals surface area contributed by atoms with Crippen LogP contribution >= 0.6 is 0 Å². The molecule has 1 unspecified atom stereocenters. The third kappa shape index (κ3) is 3.69. The molecule has 3 heterocycles. The molecular weight excluding hydrogens is 381 g/mol. The monoisotopic (exact) mass is 403 g/mol. The van der Waals surface area contributed by atoms with Crippen molar-refractivity contribution in [2.75, 3.05) is 11.4 Å². The summed E-state index contributed by atoms with van der Waals surface area (Å²) in [5.74, 6) is -2.20. The molecule has 1 aromatic rings. The minimum atomic E-state index is -1.20. The van der Waals surface area contributed by atoms with Gasteiger partial charge < -0.3 is 19.5 Å². The summed E-state index contributed by atoms with van der Waals surface area (Å²) in [5, 5.41) is 10.6. The number of aliphatic carboxylic acids is 1. The molecule has 1 aromatic carbocycles. The molecule has 0 N–H and O–H groups in total. The van der Waals surface area contributed by atoms with Crippen LogP contribution in [0.25, 0.3) is 0 Å². The number of hydrogen-bond acceptors (Lipinski definition) is 6. The van der Waals surface area contributed by atoms with Crippen LogP contribution < -0.4 is 39.6 Å². The van der Waals surface area contributed by atoms with Gasteiger partial charge in [0.2, 0.25) is 0 Å². The molecule has 3 aliphatic heterocycles. The maximum Gasteiger partial charge on any atom is 1.00 e. The van der Waals surface area contributed by atoms with Gasteiger partial charge in [-0.1, -0.05) is 32.0 Å². The summed E-state index contributed by atoms with van der Waals surface area (Å²) in [6.07, 6.45) is 1.90. The first kappa shape index (κ1) is 21.8. The second-order valence-electron chi connectivity index (χ2n) is 7.99. The number of allylic oxidation sites excluding steroid dienone is 1. The van der Waals surface area contributed by atoms with Crippen LogP contribution in [0.2, 0.25) is 0 Å². The van der Waals surface area contributed by atoms with Gasteiger partial charge in [-0.05, 0) is 30.5 Å². The maximum atomic E-state index is 12.5. The number of Topliss-reactive ketones (excluding diaryl/α,β-unsaturated/α-hetero) is 1. The molecule has 0 radical (unpaired) electrons. The number of carbonyl (C=O) groups excluding carboxylic acids is 3. The predicted octanol–water partition coefficient (Wildman–Crippen LogP) is -1.21. The van der Waals surface area contributed by atoms with Gasteiger partial charge in [-0.2, -0.15) is 0 Å².